The van der Waals surface area contributed by atoms with Crippen molar-refractivity contribution in [3.63, 3.8) is 0 Å². The van der Waals surface area contributed by atoms with E-state index in [1.165, 1.54) is 0 Å². The van der Waals surface area contributed by atoms with Crippen molar-refractivity contribution < 1.29 is 9.53 Å². The van der Waals surface area contributed by atoms with Crippen molar-refractivity contribution in [1.82, 2.24) is 10.3 Å². The monoisotopic (exact) mass is 318 g/mol. The summed E-state index contributed by atoms with van der Waals surface area (Å²) in [5.74, 6) is 6.65. The normalized spacial score (nSPS) is 10.0. The van der Waals surface area contributed by atoms with Crippen LogP contribution in [-0.2, 0) is 11.2 Å². The Labute approximate surface area is 140 Å². The average Bonchev–Trinajstić information content (AvgIpc) is 3.02. The second kappa shape index (κ2) is 7.38. The van der Waals surface area contributed by atoms with Crippen molar-refractivity contribution in [1.29, 1.82) is 0 Å². The second-order valence-corrected chi connectivity index (χ2v) is 5.32. The molecular weight excluding hydrogens is 300 g/mol. The lowest BCUT2D eigenvalue weighted by atomic mass is 10.1. The predicted octanol–water partition coefficient (Wildman–Crippen LogP) is 2.89. The number of hydrogen-bond acceptors (Lipinski definition) is 2. The van der Waals surface area contributed by atoms with Gasteiger partial charge in [-0.25, -0.2) is 0 Å². The predicted molar refractivity (Wildman–Crippen MR) is 94.9 cm³/mol. The first-order chi connectivity index (χ1) is 11.8. The SMILES string of the molecule is COc1ccccc1C#CCNC(=O)Cc1c[nH]c2ccccc12. The Bertz CT molecular complexity index is 916. The Morgan fingerprint density at radius 2 is 1.96 bits per heavy atom. The molecule has 3 aromatic rings. The molecule has 0 radical (unpaired) electrons. The highest BCUT2D eigenvalue weighted by Crippen LogP contribution is 2.18. The van der Waals surface area contributed by atoms with Gasteiger partial charge in [0.25, 0.3) is 0 Å². The third-order valence-electron chi connectivity index (χ3n) is 3.73. The van der Waals surface area contributed by atoms with E-state index in [0.717, 1.165) is 27.8 Å². The summed E-state index contributed by atoms with van der Waals surface area (Å²) in [6.07, 6.45) is 2.21. The number of carbonyl (C=O) groups is 1. The van der Waals surface area contributed by atoms with Crippen molar-refractivity contribution in [3.05, 3.63) is 65.9 Å². The van der Waals surface area contributed by atoms with Crippen LogP contribution < -0.4 is 10.1 Å². The molecule has 0 saturated carbocycles. The van der Waals surface area contributed by atoms with Gasteiger partial charge in [-0.1, -0.05) is 42.2 Å². The van der Waals surface area contributed by atoms with Gasteiger partial charge in [0.05, 0.1) is 25.6 Å². The molecule has 3 rings (SSSR count). The topological polar surface area (TPSA) is 54.1 Å². The lowest BCUT2D eigenvalue weighted by Gasteiger charge is -2.02. The number of rotatable bonds is 4. The first-order valence-corrected chi connectivity index (χ1v) is 7.71. The van der Waals surface area contributed by atoms with Gasteiger partial charge in [0.15, 0.2) is 0 Å². The molecule has 0 saturated heterocycles. The number of methoxy groups -OCH3 is 1. The van der Waals surface area contributed by atoms with Crippen LogP contribution in [0.2, 0.25) is 0 Å². The molecular formula is C20H18N2O2. The van der Waals surface area contributed by atoms with Crippen molar-refractivity contribution in [2.45, 2.75) is 6.42 Å². The molecule has 24 heavy (non-hydrogen) atoms. The summed E-state index contributed by atoms with van der Waals surface area (Å²) in [5, 5.41) is 3.90. The molecule has 4 heteroatoms. The molecule has 2 N–H and O–H groups in total. The fourth-order valence-corrected chi connectivity index (χ4v) is 2.54. The number of amides is 1. The number of fused-ring (bicyclic) bond motifs is 1. The number of nitrogens with one attached hydrogen (secondary N) is 2. The molecule has 120 valence electrons. The molecule has 1 heterocycles. The molecule has 0 aliphatic heterocycles. The van der Waals surface area contributed by atoms with Gasteiger partial charge in [0, 0.05) is 17.1 Å². The lowest BCUT2D eigenvalue weighted by Crippen LogP contribution is -2.25. The molecule has 0 aliphatic rings. The van der Waals surface area contributed by atoms with E-state index in [9.17, 15) is 4.79 Å². The first kappa shape index (κ1) is 15.7. The molecule has 0 unspecified atom stereocenters. The van der Waals surface area contributed by atoms with Gasteiger partial charge in [-0.15, -0.1) is 0 Å². The summed E-state index contributed by atoms with van der Waals surface area (Å²) in [7, 11) is 1.61. The summed E-state index contributed by atoms with van der Waals surface area (Å²) in [6.45, 7) is 0.305. The van der Waals surface area contributed by atoms with E-state index in [1.807, 2.05) is 54.7 Å². The zero-order chi connectivity index (χ0) is 16.8. The summed E-state index contributed by atoms with van der Waals surface area (Å²) in [4.78, 5) is 15.2. The van der Waals surface area contributed by atoms with E-state index in [0.29, 0.717) is 13.0 Å². The van der Waals surface area contributed by atoms with Gasteiger partial charge >= 0.3 is 0 Å². The molecule has 0 atom stereocenters. The first-order valence-electron chi connectivity index (χ1n) is 7.71. The van der Waals surface area contributed by atoms with Crippen LogP contribution in [0.3, 0.4) is 0 Å². The van der Waals surface area contributed by atoms with E-state index < -0.39 is 0 Å². The zero-order valence-corrected chi connectivity index (χ0v) is 13.4. The highest BCUT2D eigenvalue weighted by molar-refractivity contribution is 5.88. The molecule has 4 nitrogen and oxygen atoms in total. The number of benzene rings is 2. The van der Waals surface area contributed by atoms with Crippen LogP contribution in [0.15, 0.2) is 54.7 Å². The van der Waals surface area contributed by atoms with E-state index in [2.05, 4.69) is 22.1 Å². The highest BCUT2D eigenvalue weighted by Gasteiger charge is 2.07. The van der Waals surface area contributed by atoms with E-state index in [-0.39, 0.29) is 5.91 Å². The fourth-order valence-electron chi connectivity index (χ4n) is 2.54. The quantitative estimate of drug-likeness (QED) is 0.727. The smallest absolute Gasteiger partial charge is 0.225 e. The Kier molecular flexibility index (Phi) is 4.83. The third-order valence-corrected chi connectivity index (χ3v) is 3.73. The minimum atomic E-state index is -0.0471. The number of H-pyrrole nitrogens is 1. The van der Waals surface area contributed by atoms with Crippen molar-refractivity contribution in [3.8, 4) is 17.6 Å². The zero-order valence-electron chi connectivity index (χ0n) is 13.4. The van der Waals surface area contributed by atoms with Crippen molar-refractivity contribution in [2.24, 2.45) is 0 Å². The molecule has 0 fully saturated rings. The molecule has 2 aromatic carbocycles. The number of aromatic nitrogens is 1. The van der Waals surface area contributed by atoms with Crippen LogP contribution >= 0.6 is 0 Å². The largest absolute Gasteiger partial charge is 0.495 e. The van der Waals surface area contributed by atoms with Crippen LogP contribution in [0.1, 0.15) is 11.1 Å². The Morgan fingerprint density at radius 1 is 1.17 bits per heavy atom. The average molecular weight is 318 g/mol. The third kappa shape index (κ3) is 3.58. The van der Waals surface area contributed by atoms with Gasteiger partial charge < -0.3 is 15.0 Å². The molecule has 1 amide bonds. The fraction of sp³-hybridized carbons (Fsp3) is 0.150. The maximum atomic E-state index is 12.1. The van der Waals surface area contributed by atoms with Crippen LogP contribution in [0.25, 0.3) is 10.9 Å². The van der Waals surface area contributed by atoms with Crippen LogP contribution in [0.5, 0.6) is 5.75 Å². The standard InChI is InChI=1S/C20H18N2O2/c1-24-19-11-5-2-7-15(19)8-6-12-21-20(23)13-16-14-22-18-10-4-3-9-17(16)18/h2-5,7,9-11,14,22H,12-13H2,1H3,(H,21,23). The Morgan fingerprint density at radius 3 is 2.83 bits per heavy atom. The number of ether oxygens (including phenoxy) is 1. The highest BCUT2D eigenvalue weighted by atomic mass is 16.5. The Balaban J connectivity index is 1.58. The molecule has 0 bridgehead atoms. The van der Waals surface area contributed by atoms with Gasteiger partial charge in [-0.3, -0.25) is 4.79 Å². The van der Waals surface area contributed by atoms with Crippen LogP contribution in [-0.4, -0.2) is 24.5 Å². The summed E-state index contributed by atoms with van der Waals surface area (Å²) >= 11 is 0. The number of aromatic amines is 1. The van der Waals surface area contributed by atoms with Gasteiger partial charge in [-0.2, -0.15) is 0 Å². The van der Waals surface area contributed by atoms with E-state index >= 15 is 0 Å². The van der Waals surface area contributed by atoms with E-state index in [1.54, 1.807) is 7.11 Å². The summed E-state index contributed by atoms with van der Waals surface area (Å²) in [6, 6.07) is 15.5. The summed E-state index contributed by atoms with van der Waals surface area (Å²) in [5.41, 5.74) is 2.84. The van der Waals surface area contributed by atoms with Gasteiger partial charge in [0.1, 0.15) is 5.75 Å². The van der Waals surface area contributed by atoms with Crippen LogP contribution in [0, 0.1) is 11.8 Å². The lowest BCUT2D eigenvalue weighted by molar-refractivity contribution is -0.120. The Hall–Kier alpha value is -3.19. The minimum Gasteiger partial charge on any atom is -0.495 e. The van der Waals surface area contributed by atoms with Crippen LogP contribution in [0.4, 0.5) is 0 Å². The maximum Gasteiger partial charge on any atom is 0.225 e. The number of hydrogen-bond donors (Lipinski definition) is 2. The van der Waals surface area contributed by atoms with Gasteiger partial charge in [-0.05, 0) is 23.8 Å². The van der Waals surface area contributed by atoms with Crippen molar-refractivity contribution >= 4 is 16.8 Å². The molecule has 1 aromatic heterocycles. The summed E-state index contributed by atoms with van der Waals surface area (Å²) < 4.78 is 5.24. The van der Waals surface area contributed by atoms with Crippen molar-refractivity contribution in [2.75, 3.05) is 13.7 Å². The second-order valence-electron chi connectivity index (χ2n) is 5.32. The molecule has 0 spiro atoms. The van der Waals surface area contributed by atoms with Gasteiger partial charge in [0.2, 0.25) is 5.91 Å². The number of para-hydroxylation sites is 2. The maximum absolute atomic E-state index is 12.1. The van der Waals surface area contributed by atoms with E-state index in [4.69, 9.17) is 4.74 Å². The minimum absolute atomic E-state index is 0.0471. The molecule has 0 aliphatic carbocycles. The number of carbonyl (C=O) groups excluding carboxylic acids is 1.